The number of carbonyl (C=O) groups is 2. The summed E-state index contributed by atoms with van der Waals surface area (Å²) in [4.78, 5) is 27.4. The lowest BCUT2D eigenvalue weighted by Crippen LogP contribution is -2.51. The summed E-state index contributed by atoms with van der Waals surface area (Å²) in [5, 5.41) is 13.0. The largest absolute Gasteiger partial charge is 0.491 e. The number of hydrogen-bond acceptors (Lipinski definition) is 5. The average Bonchev–Trinajstić information content (AvgIpc) is 2.75. The van der Waals surface area contributed by atoms with Crippen molar-refractivity contribution in [1.29, 1.82) is 0 Å². The van der Waals surface area contributed by atoms with E-state index in [0.29, 0.717) is 44.2 Å². The van der Waals surface area contributed by atoms with E-state index in [1.807, 2.05) is 0 Å². The molecule has 0 radical (unpaired) electrons. The molecule has 2 amide bonds. The molecule has 0 bridgehead atoms. The summed E-state index contributed by atoms with van der Waals surface area (Å²) < 4.78 is 18.6. The van der Waals surface area contributed by atoms with Gasteiger partial charge in [0.2, 0.25) is 11.8 Å². The molecule has 0 spiro atoms. The summed E-state index contributed by atoms with van der Waals surface area (Å²) in [6, 6.07) is 13.0. The molecule has 1 aliphatic rings. The number of benzene rings is 2. The van der Waals surface area contributed by atoms with Crippen LogP contribution in [0.25, 0.3) is 0 Å². The van der Waals surface area contributed by atoms with Crippen LogP contribution < -0.4 is 10.1 Å². The summed E-state index contributed by atoms with van der Waals surface area (Å²) in [6.07, 6.45) is -0.395. The molecule has 7 nitrogen and oxygen atoms in total. The van der Waals surface area contributed by atoms with Crippen LogP contribution in [0, 0.1) is 5.82 Å². The fourth-order valence-corrected chi connectivity index (χ4v) is 3.45. The highest BCUT2D eigenvalue weighted by molar-refractivity contribution is 5.88. The van der Waals surface area contributed by atoms with Crippen LogP contribution in [0.2, 0.25) is 0 Å². The quantitative estimate of drug-likeness (QED) is 0.670. The SMILES string of the molecule is CC(=O)Nc1ccc(OCC(O)CN2CCN(C(=O)Cc3ccc(F)cc3)CC2)cc1. The zero-order valence-electron chi connectivity index (χ0n) is 17.6. The van der Waals surface area contributed by atoms with Crippen molar-refractivity contribution in [1.82, 2.24) is 9.80 Å². The number of β-amino-alcohol motifs (C(OH)–C–C–N with tert-alkyl or cyclic N) is 1. The number of rotatable bonds is 8. The van der Waals surface area contributed by atoms with E-state index in [-0.39, 0.29) is 30.7 Å². The summed E-state index contributed by atoms with van der Waals surface area (Å²) in [5.41, 5.74) is 1.48. The van der Waals surface area contributed by atoms with Gasteiger partial charge in [0.25, 0.3) is 0 Å². The van der Waals surface area contributed by atoms with E-state index < -0.39 is 6.10 Å². The molecule has 1 fully saturated rings. The van der Waals surface area contributed by atoms with E-state index >= 15 is 0 Å². The maximum Gasteiger partial charge on any atom is 0.227 e. The molecule has 2 N–H and O–H groups in total. The fraction of sp³-hybridized carbons (Fsp3) is 0.391. The number of ether oxygens (including phenoxy) is 1. The maximum absolute atomic E-state index is 13.0. The van der Waals surface area contributed by atoms with E-state index in [4.69, 9.17) is 4.74 Å². The molecular weight excluding hydrogens is 401 g/mol. The van der Waals surface area contributed by atoms with Gasteiger partial charge in [-0.15, -0.1) is 0 Å². The second-order valence-electron chi connectivity index (χ2n) is 7.66. The Morgan fingerprint density at radius 1 is 1.06 bits per heavy atom. The van der Waals surface area contributed by atoms with Gasteiger partial charge in [0.1, 0.15) is 24.3 Å². The standard InChI is InChI=1S/C23H28FN3O4/c1-17(28)25-20-6-8-22(9-7-20)31-16-21(29)15-26-10-12-27(13-11-26)23(30)14-18-2-4-19(24)5-3-18/h2-9,21,29H,10-16H2,1H3,(H,25,28). The average molecular weight is 429 g/mol. The van der Waals surface area contributed by atoms with Gasteiger partial charge >= 0.3 is 0 Å². The minimum atomic E-state index is -0.656. The van der Waals surface area contributed by atoms with E-state index in [1.54, 1.807) is 41.3 Å². The first kappa shape index (κ1) is 22.7. The van der Waals surface area contributed by atoms with Gasteiger partial charge in [-0.05, 0) is 42.0 Å². The van der Waals surface area contributed by atoms with Crippen molar-refractivity contribution in [3.8, 4) is 5.75 Å². The molecule has 1 atom stereocenters. The van der Waals surface area contributed by atoms with Crippen molar-refractivity contribution >= 4 is 17.5 Å². The molecule has 1 heterocycles. The minimum absolute atomic E-state index is 0.0258. The second-order valence-corrected chi connectivity index (χ2v) is 7.66. The molecule has 2 aromatic rings. The molecule has 3 rings (SSSR count). The van der Waals surface area contributed by atoms with Crippen molar-refractivity contribution in [2.75, 3.05) is 44.6 Å². The van der Waals surface area contributed by atoms with E-state index in [1.165, 1.54) is 19.1 Å². The van der Waals surface area contributed by atoms with Crippen LogP contribution in [0.3, 0.4) is 0 Å². The van der Waals surface area contributed by atoms with Crippen molar-refractivity contribution in [3.05, 3.63) is 59.9 Å². The lowest BCUT2D eigenvalue weighted by Gasteiger charge is -2.35. The minimum Gasteiger partial charge on any atom is -0.491 e. The van der Waals surface area contributed by atoms with Crippen LogP contribution in [-0.2, 0) is 16.0 Å². The summed E-state index contributed by atoms with van der Waals surface area (Å²) >= 11 is 0. The lowest BCUT2D eigenvalue weighted by molar-refractivity contribution is -0.132. The number of piperazine rings is 1. The summed E-state index contributed by atoms with van der Waals surface area (Å²) in [6.45, 7) is 4.61. The number of hydrogen-bond donors (Lipinski definition) is 2. The normalized spacial score (nSPS) is 15.4. The van der Waals surface area contributed by atoms with Crippen LogP contribution in [0.1, 0.15) is 12.5 Å². The van der Waals surface area contributed by atoms with Crippen LogP contribution in [-0.4, -0.2) is 72.2 Å². The number of halogens is 1. The third-order valence-electron chi connectivity index (χ3n) is 5.08. The predicted molar refractivity (Wildman–Crippen MR) is 115 cm³/mol. The van der Waals surface area contributed by atoms with Gasteiger partial charge in [0, 0.05) is 45.3 Å². The molecule has 166 valence electrons. The predicted octanol–water partition coefficient (Wildman–Crippen LogP) is 1.91. The molecule has 8 heteroatoms. The molecule has 1 aliphatic heterocycles. The Balaban J connectivity index is 1.36. The van der Waals surface area contributed by atoms with Crippen LogP contribution in [0.4, 0.5) is 10.1 Å². The topological polar surface area (TPSA) is 82.1 Å². The van der Waals surface area contributed by atoms with Gasteiger partial charge in [0.05, 0.1) is 6.42 Å². The first-order valence-electron chi connectivity index (χ1n) is 10.3. The van der Waals surface area contributed by atoms with E-state index in [0.717, 1.165) is 5.56 Å². The van der Waals surface area contributed by atoms with Crippen molar-refractivity contribution in [2.45, 2.75) is 19.4 Å². The Labute approximate surface area is 181 Å². The Kier molecular flexibility index (Phi) is 7.97. The number of nitrogens with zero attached hydrogens (tertiary/aromatic N) is 2. The molecule has 1 unspecified atom stereocenters. The van der Waals surface area contributed by atoms with Crippen molar-refractivity contribution in [3.63, 3.8) is 0 Å². The van der Waals surface area contributed by atoms with Gasteiger partial charge in [-0.25, -0.2) is 4.39 Å². The highest BCUT2D eigenvalue weighted by Crippen LogP contribution is 2.16. The third-order valence-corrected chi connectivity index (χ3v) is 5.08. The first-order valence-corrected chi connectivity index (χ1v) is 10.3. The summed E-state index contributed by atoms with van der Waals surface area (Å²) in [7, 11) is 0. The zero-order valence-corrected chi connectivity index (χ0v) is 17.6. The van der Waals surface area contributed by atoms with E-state index in [2.05, 4.69) is 10.2 Å². The van der Waals surface area contributed by atoms with Crippen LogP contribution in [0.5, 0.6) is 5.75 Å². The highest BCUT2D eigenvalue weighted by Gasteiger charge is 2.22. The monoisotopic (exact) mass is 429 g/mol. The molecule has 31 heavy (non-hydrogen) atoms. The smallest absolute Gasteiger partial charge is 0.227 e. The second kappa shape index (κ2) is 10.9. The van der Waals surface area contributed by atoms with Gasteiger partial charge in [-0.2, -0.15) is 0 Å². The number of aliphatic hydroxyl groups excluding tert-OH is 1. The number of anilines is 1. The summed E-state index contributed by atoms with van der Waals surface area (Å²) in [5.74, 6) is 0.193. The van der Waals surface area contributed by atoms with E-state index in [9.17, 15) is 19.1 Å². The Hall–Kier alpha value is -2.97. The van der Waals surface area contributed by atoms with Gasteiger partial charge in [-0.3, -0.25) is 14.5 Å². The number of nitrogens with one attached hydrogen (secondary N) is 1. The van der Waals surface area contributed by atoms with Crippen LogP contribution in [0.15, 0.2) is 48.5 Å². The van der Waals surface area contributed by atoms with Crippen molar-refractivity contribution in [2.24, 2.45) is 0 Å². The fourth-order valence-electron chi connectivity index (χ4n) is 3.45. The van der Waals surface area contributed by atoms with Crippen molar-refractivity contribution < 1.29 is 23.8 Å². The highest BCUT2D eigenvalue weighted by atomic mass is 19.1. The van der Waals surface area contributed by atoms with Gasteiger partial charge in [-0.1, -0.05) is 12.1 Å². The number of carbonyl (C=O) groups excluding carboxylic acids is 2. The third kappa shape index (κ3) is 7.34. The van der Waals surface area contributed by atoms with Gasteiger partial charge < -0.3 is 20.1 Å². The number of amides is 2. The first-order chi connectivity index (χ1) is 14.9. The molecule has 0 aromatic heterocycles. The molecule has 2 aromatic carbocycles. The lowest BCUT2D eigenvalue weighted by atomic mass is 10.1. The Morgan fingerprint density at radius 3 is 2.32 bits per heavy atom. The Bertz CT molecular complexity index is 865. The van der Waals surface area contributed by atoms with Crippen LogP contribution >= 0.6 is 0 Å². The molecule has 1 saturated heterocycles. The zero-order chi connectivity index (χ0) is 22.2. The maximum atomic E-state index is 13.0. The molecule has 0 saturated carbocycles. The molecule has 0 aliphatic carbocycles. The molecular formula is C23H28FN3O4. The Morgan fingerprint density at radius 2 is 1.71 bits per heavy atom. The number of aliphatic hydroxyl groups is 1. The van der Waals surface area contributed by atoms with Gasteiger partial charge in [0.15, 0.2) is 0 Å².